The summed E-state index contributed by atoms with van der Waals surface area (Å²) in [5, 5.41) is 0. The van der Waals surface area contributed by atoms with E-state index in [1.54, 1.807) is 33.7 Å². The Bertz CT molecular complexity index is 336. The number of ether oxygens (including phenoxy) is 1. The molecule has 0 amide bonds. The quantitative estimate of drug-likeness (QED) is 0.569. The Kier molecular flexibility index (Phi) is 2.57. The summed E-state index contributed by atoms with van der Waals surface area (Å²) in [5.41, 5.74) is 0.863. The highest BCUT2D eigenvalue weighted by molar-refractivity contribution is 8.92. The van der Waals surface area contributed by atoms with Gasteiger partial charge in [0.1, 0.15) is 5.75 Å². The Balaban J connectivity index is 2.13. The van der Waals surface area contributed by atoms with Crippen LogP contribution >= 0.6 is 21.6 Å². The van der Waals surface area contributed by atoms with Crippen LogP contribution in [0.3, 0.4) is 0 Å². The third-order valence-electron chi connectivity index (χ3n) is 1.56. The molecule has 0 N–H and O–H groups in total. The molecule has 0 radical (unpaired) electrons. The zero-order valence-corrected chi connectivity index (χ0v) is 8.38. The van der Waals surface area contributed by atoms with Gasteiger partial charge in [-0.05, 0) is 17.7 Å². The summed E-state index contributed by atoms with van der Waals surface area (Å²) < 4.78 is 39.6. The van der Waals surface area contributed by atoms with E-state index in [1.165, 1.54) is 12.1 Å². The summed E-state index contributed by atoms with van der Waals surface area (Å²) in [6.07, 6.45) is -4.61. The number of hydrogen-bond acceptors (Lipinski definition) is 3. The van der Waals surface area contributed by atoms with Gasteiger partial charge >= 0.3 is 6.36 Å². The number of rotatable bonds is 2. The molecule has 1 heterocycles. The lowest BCUT2D eigenvalue weighted by Crippen LogP contribution is -2.17. The predicted molar refractivity (Wildman–Crippen MR) is 51.0 cm³/mol. The van der Waals surface area contributed by atoms with E-state index in [2.05, 4.69) is 4.74 Å². The third-order valence-corrected chi connectivity index (χ3v) is 3.64. The van der Waals surface area contributed by atoms with Crippen molar-refractivity contribution >= 4 is 21.6 Å². The Morgan fingerprint density at radius 2 is 1.93 bits per heavy atom. The molecule has 1 aromatic carbocycles. The molecule has 1 aliphatic heterocycles. The van der Waals surface area contributed by atoms with Gasteiger partial charge in [0, 0.05) is 0 Å². The van der Waals surface area contributed by atoms with Crippen molar-refractivity contribution in [2.45, 2.75) is 10.9 Å². The van der Waals surface area contributed by atoms with Crippen LogP contribution in [0.4, 0.5) is 13.2 Å². The Morgan fingerprint density at radius 3 is 2.50 bits per heavy atom. The molecule has 0 aliphatic carbocycles. The zero-order chi connectivity index (χ0) is 10.2. The maximum atomic E-state index is 11.9. The zero-order valence-electron chi connectivity index (χ0n) is 6.75. The van der Waals surface area contributed by atoms with E-state index in [0.717, 1.165) is 5.56 Å². The van der Waals surface area contributed by atoms with Crippen molar-refractivity contribution in [2.75, 3.05) is 0 Å². The van der Waals surface area contributed by atoms with E-state index < -0.39 is 6.36 Å². The van der Waals surface area contributed by atoms with Crippen LogP contribution in [0.2, 0.25) is 0 Å². The molecule has 1 aliphatic rings. The first-order chi connectivity index (χ1) is 6.54. The Morgan fingerprint density at radius 1 is 1.21 bits per heavy atom. The van der Waals surface area contributed by atoms with E-state index >= 15 is 0 Å². The molecule has 1 saturated heterocycles. The molecule has 1 fully saturated rings. The molecule has 0 bridgehead atoms. The van der Waals surface area contributed by atoms with E-state index in [9.17, 15) is 13.2 Å². The maximum absolute atomic E-state index is 11.9. The van der Waals surface area contributed by atoms with E-state index in [4.69, 9.17) is 0 Å². The largest absolute Gasteiger partial charge is 0.573 e. The van der Waals surface area contributed by atoms with Gasteiger partial charge in [0.25, 0.3) is 0 Å². The van der Waals surface area contributed by atoms with Crippen LogP contribution in [0.5, 0.6) is 5.75 Å². The summed E-state index contributed by atoms with van der Waals surface area (Å²) in [7, 11) is 3.26. The summed E-state index contributed by atoms with van der Waals surface area (Å²) in [4.78, 5) is 0. The standard InChI is InChI=1S/C8H5F3OS2/c9-8(10,11)12-6-3-1-2-5(4-6)7-13-14-7/h1-4,7H. The molecular weight excluding hydrogens is 233 g/mol. The van der Waals surface area contributed by atoms with Crippen LogP contribution in [0.1, 0.15) is 10.1 Å². The van der Waals surface area contributed by atoms with E-state index in [0.29, 0.717) is 0 Å². The van der Waals surface area contributed by atoms with Crippen LogP contribution in [-0.2, 0) is 0 Å². The molecule has 0 atom stereocenters. The highest BCUT2D eigenvalue weighted by Crippen LogP contribution is 2.65. The number of alkyl halides is 3. The monoisotopic (exact) mass is 238 g/mol. The second-order valence-corrected chi connectivity index (χ2v) is 5.43. The topological polar surface area (TPSA) is 9.23 Å². The van der Waals surface area contributed by atoms with Crippen LogP contribution in [-0.4, -0.2) is 6.36 Å². The smallest absolute Gasteiger partial charge is 0.406 e. The second kappa shape index (κ2) is 3.58. The van der Waals surface area contributed by atoms with E-state index in [-0.39, 0.29) is 10.3 Å². The Hall–Kier alpha value is -0.490. The van der Waals surface area contributed by atoms with Crippen molar-refractivity contribution < 1.29 is 17.9 Å². The molecule has 6 heteroatoms. The van der Waals surface area contributed by atoms with Gasteiger partial charge in [-0.15, -0.1) is 13.2 Å². The minimum atomic E-state index is -4.61. The molecule has 76 valence electrons. The van der Waals surface area contributed by atoms with Crippen molar-refractivity contribution in [2.24, 2.45) is 0 Å². The molecular formula is C8H5F3OS2. The summed E-state index contributed by atoms with van der Waals surface area (Å²) in [5.74, 6) is -0.150. The average molecular weight is 238 g/mol. The highest BCUT2D eigenvalue weighted by Gasteiger charge is 2.32. The minimum absolute atomic E-state index is 0.150. The molecule has 1 aromatic rings. The van der Waals surface area contributed by atoms with Gasteiger partial charge in [0.05, 0.1) is 4.58 Å². The van der Waals surface area contributed by atoms with Crippen molar-refractivity contribution in [3.63, 3.8) is 0 Å². The highest BCUT2D eigenvalue weighted by atomic mass is 33.2. The minimum Gasteiger partial charge on any atom is -0.406 e. The first kappa shape index (κ1) is 10.0. The van der Waals surface area contributed by atoms with Crippen molar-refractivity contribution in [1.29, 1.82) is 0 Å². The second-order valence-electron chi connectivity index (χ2n) is 2.64. The lowest BCUT2D eigenvalue weighted by Gasteiger charge is -2.09. The van der Waals surface area contributed by atoms with Crippen molar-refractivity contribution in [3.8, 4) is 5.75 Å². The summed E-state index contributed by atoms with van der Waals surface area (Å²) >= 11 is 0. The molecule has 0 spiro atoms. The van der Waals surface area contributed by atoms with Crippen LogP contribution < -0.4 is 4.74 Å². The van der Waals surface area contributed by atoms with Gasteiger partial charge in [0.15, 0.2) is 0 Å². The van der Waals surface area contributed by atoms with Crippen molar-refractivity contribution in [3.05, 3.63) is 29.8 Å². The normalized spacial score (nSPS) is 16.8. The first-order valence-corrected chi connectivity index (χ1v) is 6.00. The molecule has 14 heavy (non-hydrogen) atoms. The Labute approximate surface area is 86.4 Å². The number of halogens is 3. The predicted octanol–water partition coefficient (Wildman–Crippen LogP) is 3.98. The molecule has 2 rings (SSSR count). The van der Waals surface area contributed by atoms with Crippen LogP contribution in [0, 0.1) is 0 Å². The van der Waals surface area contributed by atoms with Gasteiger partial charge in [-0.2, -0.15) is 0 Å². The number of benzene rings is 1. The molecule has 0 aromatic heterocycles. The van der Waals surface area contributed by atoms with Crippen LogP contribution in [0.25, 0.3) is 0 Å². The maximum Gasteiger partial charge on any atom is 0.573 e. The summed E-state index contributed by atoms with van der Waals surface area (Å²) in [6.45, 7) is 0. The average Bonchev–Trinajstić information content (AvgIpc) is 2.83. The fraction of sp³-hybridized carbons (Fsp3) is 0.250. The molecule has 0 saturated carbocycles. The van der Waals surface area contributed by atoms with Gasteiger partial charge in [0.2, 0.25) is 0 Å². The van der Waals surface area contributed by atoms with E-state index in [1.807, 2.05) is 0 Å². The van der Waals surface area contributed by atoms with Gasteiger partial charge in [-0.1, -0.05) is 33.7 Å². The fourth-order valence-corrected chi connectivity index (χ4v) is 2.40. The lowest BCUT2D eigenvalue weighted by molar-refractivity contribution is -0.274. The molecule has 0 unspecified atom stereocenters. The lowest BCUT2D eigenvalue weighted by atomic mass is 10.2. The molecule has 1 nitrogen and oxygen atoms in total. The fourth-order valence-electron chi connectivity index (χ4n) is 0.997. The van der Waals surface area contributed by atoms with Gasteiger partial charge in [-0.3, -0.25) is 0 Å². The third kappa shape index (κ3) is 2.75. The SMILES string of the molecule is FC(F)(F)Oc1cccc(C2SS2)c1. The van der Waals surface area contributed by atoms with Gasteiger partial charge in [-0.25, -0.2) is 0 Å². The first-order valence-electron chi connectivity index (χ1n) is 3.72. The number of hydrogen-bond donors (Lipinski definition) is 0. The van der Waals surface area contributed by atoms with Crippen LogP contribution in [0.15, 0.2) is 24.3 Å². The van der Waals surface area contributed by atoms with Gasteiger partial charge < -0.3 is 4.74 Å². The van der Waals surface area contributed by atoms with Crippen molar-refractivity contribution in [1.82, 2.24) is 0 Å². The summed E-state index contributed by atoms with van der Waals surface area (Å²) in [6, 6.07) is 6.08.